The van der Waals surface area contributed by atoms with Crippen LogP contribution in [0.25, 0.3) is 0 Å². The predicted octanol–water partition coefficient (Wildman–Crippen LogP) is 22.5. The molecule has 0 radical (unpaired) electrons. The minimum absolute atomic E-state index is 0.0274. The van der Waals surface area contributed by atoms with Crippen molar-refractivity contribution in [1.29, 1.82) is 0 Å². The number of hydrogen-bond acceptors (Lipinski definition) is 7. The highest BCUT2D eigenvalue weighted by Gasteiger charge is 2.27. The molecule has 10 heteroatoms. The Hall–Kier alpha value is -3.33. The largest absolute Gasteiger partial charge is 0.472 e. The lowest BCUT2D eigenvalue weighted by atomic mass is 10.0. The molecule has 0 aromatic rings. The van der Waals surface area contributed by atoms with Crippen LogP contribution >= 0.6 is 7.82 Å². The molecule has 484 valence electrons. The Labute approximate surface area is 518 Å². The third-order valence-corrected chi connectivity index (χ3v) is 15.8. The van der Waals surface area contributed by atoms with Crippen molar-refractivity contribution in [2.75, 3.05) is 47.5 Å². The van der Waals surface area contributed by atoms with Gasteiger partial charge in [0, 0.05) is 12.8 Å². The Morgan fingerprint density at radius 2 is 0.643 bits per heavy atom. The van der Waals surface area contributed by atoms with E-state index in [2.05, 4.69) is 123 Å². The highest BCUT2D eigenvalue weighted by atomic mass is 31.2. The summed E-state index contributed by atoms with van der Waals surface area (Å²) in [6.45, 7) is 4.23. The van der Waals surface area contributed by atoms with E-state index in [0.717, 1.165) is 103 Å². The average molecular weight is 1190 g/mol. The normalized spacial score (nSPS) is 13.8. The van der Waals surface area contributed by atoms with Gasteiger partial charge in [-0.15, -0.1) is 0 Å². The molecule has 0 aliphatic rings. The number of quaternary nitrogens is 1. The maximum Gasteiger partial charge on any atom is 0.472 e. The molecule has 9 nitrogen and oxygen atoms in total. The van der Waals surface area contributed by atoms with Gasteiger partial charge in [-0.2, -0.15) is 0 Å². The van der Waals surface area contributed by atoms with Crippen molar-refractivity contribution in [2.45, 2.75) is 302 Å². The van der Waals surface area contributed by atoms with E-state index in [9.17, 15) is 19.0 Å². The molecule has 2 atom stereocenters. The van der Waals surface area contributed by atoms with E-state index in [1.807, 2.05) is 21.1 Å². The minimum atomic E-state index is -4.40. The SMILES string of the molecule is CC/C=C\C/C=C\C/C=C\C/C=C\C/C=C\CCCCCCCCCCCC(=O)OC(COC(=O)CCCCCCCCCCCCCCCCCCCCCCCC/C=C\C/C=C\C/C=C\C/C=C\CC)COP(=O)(O)OCC[N+](C)(C)C. The Morgan fingerprint density at radius 1 is 0.369 bits per heavy atom. The van der Waals surface area contributed by atoms with Gasteiger partial charge in [0.05, 0.1) is 27.7 Å². The van der Waals surface area contributed by atoms with Crippen molar-refractivity contribution in [3.63, 3.8) is 0 Å². The highest BCUT2D eigenvalue weighted by molar-refractivity contribution is 7.47. The summed E-state index contributed by atoms with van der Waals surface area (Å²) in [6.07, 6.45) is 90.5. The summed E-state index contributed by atoms with van der Waals surface area (Å²) in [4.78, 5) is 35.9. The number of esters is 2. The molecular formula is C74H131NO8P+. The van der Waals surface area contributed by atoms with E-state index >= 15 is 0 Å². The van der Waals surface area contributed by atoms with Crippen LogP contribution in [0.4, 0.5) is 0 Å². The Balaban J connectivity index is 4.02. The molecule has 0 bridgehead atoms. The van der Waals surface area contributed by atoms with E-state index in [4.69, 9.17) is 18.5 Å². The van der Waals surface area contributed by atoms with Gasteiger partial charge in [-0.05, 0) is 96.3 Å². The van der Waals surface area contributed by atoms with Crippen molar-refractivity contribution in [3.05, 3.63) is 109 Å². The number of allylic oxidation sites excluding steroid dienone is 18. The zero-order valence-electron chi connectivity index (χ0n) is 55.1. The van der Waals surface area contributed by atoms with Crippen LogP contribution in [0.3, 0.4) is 0 Å². The fourth-order valence-corrected chi connectivity index (χ4v) is 10.3. The summed E-state index contributed by atoms with van der Waals surface area (Å²) in [7, 11) is 1.47. The van der Waals surface area contributed by atoms with E-state index in [1.165, 1.54) is 161 Å². The zero-order chi connectivity index (χ0) is 61.2. The van der Waals surface area contributed by atoms with E-state index < -0.39 is 26.5 Å². The molecule has 0 aromatic heterocycles. The molecule has 2 unspecified atom stereocenters. The Bertz CT molecular complexity index is 1790. The van der Waals surface area contributed by atoms with Crippen LogP contribution in [0, 0.1) is 0 Å². The van der Waals surface area contributed by atoms with Gasteiger partial charge in [0.15, 0.2) is 6.10 Å². The molecule has 0 amide bonds. The van der Waals surface area contributed by atoms with Gasteiger partial charge in [-0.25, -0.2) is 4.57 Å². The maximum atomic E-state index is 12.9. The molecule has 0 saturated heterocycles. The Kier molecular flexibility index (Phi) is 61.6. The van der Waals surface area contributed by atoms with Crippen LogP contribution in [0.1, 0.15) is 296 Å². The number of rotatable bonds is 63. The van der Waals surface area contributed by atoms with Crippen LogP contribution in [0.15, 0.2) is 109 Å². The summed E-state index contributed by atoms with van der Waals surface area (Å²) in [5, 5.41) is 0. The van der Waals surface area contributed by atoms with Crippen LogP contribution < -0.4 is 0 Å². The molecular weight excluding hydrogens is 1060 g/mol. The van der Waals surface area contributed by atoms with Crippen LogP contribution in [0.5, 0.6) is 0 Å². The fraction of sp³-hybridized carbons (Fsp3) is 0.730. The van der Waals surface area contributed by atoms with Crippen LogP contribution in [-0.4, -0.2) is 74.9 Å². The van der Waals surface area contributed by atoms with Crippen molar-refractivity contribution in [1.82, 2.24) is 0 Å². The smallest absolute Gasteiger partial charge is 0.462 e. The number of likely N-dealkylation sites (N-methyl/N-ethyl adjacent to an activating group) is 1. The molecule has 1 N–H and O–H groups in total. The summed E-state index contributed by atoms with van der Waals surface area (Å²) in [5.74, 6) is -0.798. The third-order valence-electron chi connectivity index (χ3n) is 14.8. The first-order valence-electron chi connectivity index (χ1n) is 34.6. The third kappa shape index (κ3) is 67.8. The first-order chi connectivity index (χ1) is 41.0. The van der Waals surface area contributed by atoms with E-state index in [-0.39, 0.29) is 32.0 Å². The van der Waals surface area contributed by atoms with Crippen molar-refractivity contribution < 1.29 is 42.1 Å². The number of phosphoric ester groups is 1. The highest BCUT2D eigenvalue weighted by Crippen LogP contribution is 2.43. The molecule has 0 saturated carbocycles. The topological polar surface area (TPSA) is 108 Å². The van der Waals surface area contributed by atoms with E-state index in [1.54, 1.807) is 0 Å². The number of carbonyl (C=O) groups is 2. The first-order valence-corrected chi connectivity index (χ1v) is 36.1. The van der Waals surface area contributed by atoms with Gasteiger partial charge in [0.25, 0.3) is 0 Å². The van der Waals surface area contributed by atoms with Crippen molar-refractivity contribution in [2.24, 2.45) is 0 Å². The van der Waals surface area contributed by atoms with Gasteiger partial charge >= 0.3 is 19.8 Å². The molecule has 0 aliphatic heterocycles. The second-order valence-corrected chi connectivity index (χ2v) is 25.6. The summed E-state index contributed by atoms with van der Waals surface area (Å²) in [5.41, 5.74) is 0. The number of carbonyl (C=O) groups excluding carboxylic acids is 2. The summed E-state index contributed by atoms with van der Waals surface area (Å²) in [6, 6.07) is 0. The van der Waals surface area contributed by atoms with E-state index in [0.29, 0.717) is 17.4 Å². The van der Waals surface area contributed by atoms with Gasteiger partial charge in [0.2, 0.25) is 0 Å². The van der Waals surface area contributed by atoms with Gasteiger partial charge in [-0.3, -0.25) is 18.6 Å². The van der Waals surface area contributed by atoms with Crippen LogP contribution in [-0.2, 0) is 32.7 Å². The molecule has 0 aromatic carbocycles. The standard InChI is InChI=1S/C74H130NO8P/c1-6-8-10-12-14-16-18-20-22-24-26-28-30-32-33-34-35-36-37-38-39-40-41-43-44-46-48-50-52-54-56-58-60-62-64-66-73(76)80-70-72(71-82-84(78,79)81-69-68-75(3,4)5)83-74(77)67-65-63-61-59-57-55-53-51-49-47-45-42-31-29-27-25-23-21-19-17-15-13-11-9-7-2/h8-11,14-17,20-23,26-29,42,45,72H,6-7,12-13,18-19,24-25,30-41,43-44,46-71H2,1-5H3/p+1/b10-8-,11-9-,16-14-,17-15-,22-20-,23-21-,28-26-,29-27-,45-42-. The molecule has 0 rings (SSSR count). The lowest BCUT2D eigenvalue weighted by Crippen LogP contribution is -2.37. The van der Waals surface area contributed by atoms with Gasteiger partial charge < -0.3 is 18.9 Å². The maximum absolute atomic E-state index is 12.9. The average Bonchev–Trinajstić information content (AvgIpc) is 3.60. The lowest BCUT2D eigenvalue weighted by Gasteiger charge is -2.24. The number of hydrogen-bond donors (Lipinski definition) is 1. The van der Waals surface area contributed by atoms with Crippen LogP contribution in [0.2, 0.25) is 0 Å². The summed E-state index contributed by atoms with van der Waals surface area (Å²) < 4.78 is 34.7. The fourth-order valence-electron chi connectivity index (χ4n) is 9.57. The number of phosphoric acid groups is 1. The quantitative estimate of drug-likeness (QED) is 0.0211. The number of ether oxygens (including phenoxy) is 2. The zero-order valence-corrected chi connectivity index (χ0v) is 56.0. The first kappa shape index (κ1) is 80.7. The molecule has 0 aliphatic carbocycles. The number of unbranched alkanes of at least 4 members (excludes halogenated alkanes) is 31. The Morgan fingerprint density at radius 3 is 0.952 bits per heavy atom. The second-order valence-electron chi connectivity index (χ2n) is 24.2. The molecule has 0 spiro atoms. The van der Waals surface area contributed by atoms with Gasteiger partial charge in [-0.1, -0.05) is 297 Å². The second kappa shape index (κ2) is 64.2. The molecule has 0 fully saturated rings. The monoisotopic (exact) mass is 1190 g/mol. The van der Waals surface area contributed by atoms with Crippen molar-refractivity contribution >= 4 is 19.8 Å². The number of nitrogens with zero attached hydrogens (tertiary/aromatic N) is 1. The van der Waals surface area contributed by atoms with Gasteiger partial charge in [0.1, 0.15) is 19.8 Å². The molecule has 84 heavy (non-hydrogen) atoms. The summed E-state index contributed by atoms with van der Waals surface area (Å²) >= 11 is 0. The minimum Gasteiger partial charge on any atom is -0.462 e. The lowest BCUT2D eigenvalue weighted by molar-refractivity contribution is -0.870. The van der Waals surface area contributed by atoms with Crippen molar-refractivity contribution in [3.8, 4) is 0 Å². The predicted molar refractivity (Wildman–Crippen MR) is 362 cm³/mol. The molecule has 0 heterocycles.